The third-order valence-corrected chi connectivity index (χ3v) is 4.62. The van der Waals surface area contributed by atoms with Crippen LogP contribution in [0.2, 0.25) is 0 Å². The molecular formula is C11H12BrNO5S. The minimum Gasteiger partial charge on any atom is -0.478 e. The van der Waals surface area contributed by atoms with Crippen LogP contribution in [0.15, 0.2) is 22.8 Å². The average molecular weight is 350 g/mol. The predicted octanol–water partition coefficient (Wildman–Crippen LogP) is 1.63. The van der Waals surface area contributed by atoms with Gasteiger partial charge in [0.1, 0.15) is 15.9 Å². The number of carboxylic acids is 2. The van der Waals surface area contributed by atoms with Crippen LogP contribution in [0, 0.1) is 0 Å². The fraction of sp³-hybridized carbons (Fsp3) is 0.364. The molecule has 0 spiro atoms. The normalized spacial score (nSPS) is 22.3. The van der Waals surface area contributed by atoms with Gasteiger partial charge in [0.2, 0.25) is 5.91 Å². The Bertz CT molecular complexity index is 483. The second kappa shape index (κ2) is 6.25. The van der Waals surface area contributed by atoms with Crippen molar-refractivity contribution in [2.24, 2.45) is 0 Å². The van der Waals surface area contributed by atoms with E-state index >= 15 is 0 Å². The van der Waals surface area contributed by atoms with Gasteiger partial charge in [-0.25, -0.2) is 9.59 Å². The number of thioether (sulfide) groups is 1. The number of carboxylic acid groups (broad SMARTS) is 2. The standard InChI is InChI=1S/C11H12BrNO5S/c1-5(2)8(11(17)18)13-9(16)7(12)10(13)19-4-3-6(14)15/h3-4,7,10H,1-2H3,(H,14,15)(H,17,18)/b4-3+. The number of β-lactam (4-membered cyclic amide) rings is 1. The Morgan fingerprint density at radius 2 is 1.95 bits per heavy atom. The molecule has 1 saturated heterocycles. The van der Waals surface area contributed by atoms with Crippen molar-refractivity contribution in [1.82, 2.24) is 4.90 Å². The Labute approximate surface area is 122 Å². The monoisotopic (exact) mass is 349 g/mol. The van der Waals surface area contributed by atoms with Crippen molar-refractivity contribution in [3.63, 3.8) is 0 Å². The van der Waals surface area contributed by atoms with Gasteiger partial charge < -0.3 is 10.2 Å². The van der Waals surface area contributed by atoms with Crippen LogP contribution in [-0.2, 0) is 14.4 Å². The zero-order chi connectivity index (χ0) is 14.7. The number of amides is 1. The van der Waals surface area contributed by atoms with Crippen LogP contribution in [0.25, 0.3) is 0 Å². The number of allylic oxidation sites excluding steroid dienone is 1. The highest BCUT2D eigenvalue weighted by atomic mass is 79.9. The van der Waals surface area contributed by atoms with E-state index in [0.717, 1.165) is 22.7 Å². The minimum atomic E-state index is -1.18. The van der Waals surface area contributed by atoms with E-state index in [1.807, 2.05) is 0 Å². The number of hydrogen-bond donors (Lipinski definition) is 2. The van der Waals surface area contributed by atoms with Gasteiger partial charge in [-0.1, -0.05) is 15.9 Å². The van der Waals surface area contributed by atoms with Crippen LogP contribution in [-0.4, -0.2) is 43.2 Å². The first-order valence-electron chi connectivity index (χ1n) is 5.20. The average Bonchev–Trinajstić information content (AvgIpc) is 2.30. The van der Waals surface area contributed by atoms with Gasteiger partial charge in [-0.2, -0.15) is 0 Å². The van der Waals surface area contributed by atoms with Gasteiger partial charge in [0.25, 0.3) is 0 Å². The Hall–Kier alpha value is -1.28. The summed E-state index contributed by atoms with van der Waals surface area (Å²) < 4.78 is 0. The van der Waals surface area contributed by atoms with E-state index in [9.17, 15) is 14.4 Å². The van der Waals surface area contributed by atoms with E-state index in [2.05, 4.69) is 15.9 Å². The maximum Gasteiger partial charge on any atom is 0.352 e. The molecule has 2 N–H and O–H groups in total. The van der Waals surface area contributed by atoms with Crippen LogP contribution in [0.4, 0.5) is 0 Å². The molecule has 1 fully saturated rings. The largest absolute Gasteiger partial charge is 0.478 e. The van der Waals surface area contributed by atoms with Gasteiger partial charge in [0.15, 0.2) is 0 Å². The molecule has 0 bridgehead atoms. The third kappa shape index (κ3) is 3.38. The Morgan fingerprint density at radius 3 is 2.37 bits per heavy atom. The molecule has 0 aromatic heterocycles. The van der Waals surface area contributed by atoms with Crippen molar-refractivity contribution in [2.45, 2.75) is 24.0 Å². The first kappa shape index (κ1) is 15.8. The number of nitrogens with zero attached hydrogens (tertiary/aromatic N) is 1. The van der Waals surface area contributed by atoms with Gasteiger partial charge in [-0.15, -0.1) is 11.8 Å². The number of halogens is 1. The molecule has 0 radical (unpaired) electrons. The summed E-state index contributed by atoms with van der Waals surface area (Å²) in [5.41, 5.74) is 0.440. The highest BCUT2D eigenvalue weighted by molar-refractivity contribution is 9.10. The minimum absolute atomic E-state index is 0.0677. The van der Waals surface area contributed by atoms with Crippen LogP contribution >= 0.6 is 27.7 Å². The molecule has 1 aliphatic heterocycles. The van der Waals surface area contributed by atoms with Crippen LogP contribution < -0.4 is 0 Å². The van der Waals surface area contributed by atoms with E-state index in [1.165, 1.54) is 5.41 Å². The fourth-order valence-electron chi connectivity index (χ4n) is 1.53. The molecule has 8 heteroatoms. The highest BCUT2D eigenvalue weighted by Crippen LogP contribution is 2.39. The van der Waals surface area contributed by atoms with E-state index in [0.29, 0.717) is 5.57 Å². The Balaban J connectivity index is 2.93. The summed E-state index contributed by atoms with van der Waals surface area (Å²) in [6.45, 7) is 3.21. The number of carbonyl (C=O) groups excluding carboxylic acids is 1. The summed E-state index contributed by atoms with van der Waals surface area (Å²) in [5.74, 6) is -2.63. The summed E-state index contributed by atoms with van der Waals surface area (Å²) in [7, 11) is 0. The van der Waals surface area contributed by atoms with Gasteiger partial charge in [0, 0.05) is 6.08 Å². The lowest BCUT2D eigenvalue weighted by atomic mass is 10.1. The lowest BCUT2D eigenvalue weighted by Gasteiger charge is -2.43. The number of aliphatic carboxylic acids is 2. The van der Waals surface area contributed by atoms with E-state index in [4.69, 9.17) is 10.2 Å². The summed E-state index contributed by atoms with van der Waals surface area (Å²) in [5, 5.41) is 18.5. The zero-order valence-electron chi connectivity index (χ0n) is 10.2. The quantitative estimate of drug-likeness (QED) is 0.445. The molecule has 104 valence electrons. The second-order valence-electron chi connectivity index (χ2n) is 3.93. The van der Waals surface area contributed by atoms with Crippen LogP contribution in [0.1, 0.15) is 13.8 Å². The van der Waals surface area contributed by atoms with Crippen molar-refractivity contribution < 1.29 is 24.6 Å². The number of hydrogen-bond acceptors (Lipinski definition) is 4. The highest BCUT2D eigenvalue weighted by Gasteiger charge is 2.49. The molecule has 1 aliphatic rings. The number of likely N-dealkylation sites (tertiary alicyclic amines) is 1. The van der Waals surface area contributed by atoms with Gasteiger partial charge in [0.05, 0.1) is 0 Å². The summed E-state index contributed by atoms with van der Waals surface area (Å²) in [6, 6.07) is 0. The summed E-state index contributed by atoms with van der Waals surface area (Å²) in [4.78, 5) is 33.9. The summed E-state index contributed by atoms with van der Waals surface area (Å²) in [6.07, 6.45) is 0.939. The van der Waals surface area contributed by atoms with E-state index in [-0.39, 0.29) is 11.6 Å². The third-order valence-electron chi connectivity index (χ3n) is 2.32. The van der Waals surface area contributed by atoms with E-state index < -0.39 is 22.1 Å². The van der Waals surface area contributed by atoms with Gasteiger partial charge >= 0.3 is 11.9 Å². The lowest BCUT2D eigenvalue weighted by Crippen LogP contribution is -2.60. The van der Waals surface area contributed by atoms with Crippen LogP contribution in [0.3, 0.4) is 0 Å². The van der Waals surface area contributed by atoms with Crippen molar-refractivity contribution >= 4 is 45.5 Å². The molecule has 0 aromatic carbocycles. The Morgan fingerprint density at radius 1 is 1.37 bits per heavy atom. The van der Waals surface area contributed by atoms with Crippen LogP contribution in [0.5, 0.6) is 0 Å². The molecule has 2 atom stereocenters. The maximum absolute atomic E-state index is 11.7. The first-order chi connectivity index (χ1) is 8.77. The fourth-order valence-corrected chi connectivity index (χ4v) is 3.30. The van der Waals surface area contributed by atoms with Crippen molar-refractivity contribution in [3.8, 4) is 0 Å². The molecule has 19 heavy (non-hydrogen) atoms. The molecule has 0 aromatic rings. The van der Waals surface area contributed by atoms with Crippen molar-refractivity contribution in [2.75, 3.05) is 0 Å². The molecule has 0 aliphatic carbocycles. The first-order valence-corrected chi connectivity index (χ1v) is 7.06. The molecule has 1 rings (SSSR count). The van der Waals surface area contributed by atoms with Gasteiger partial charge in [-0.05, 0) is 24.8 Å². The zero-order valence-corrected chi connectivity index (χ0v) is 12.6. The number of alkyl halides is 1. The number of carbonyl (C=O) groups is 3. The van der Waals surface area contributed by atoms with Crippen molar-refractivity contribution in [3.05, 3.63) is 22.8 Å². The number of rotatable bonds is 5. The Kier molecular flexibility index (Phi) is 5.19. The van der Waals surface area contributed by atoms with E-state index in [1.54, 1.807) is 13.8 Å². The maximum atomic E-state index is 11.7. The molecular weight excluding hydrogens is 338 g/mol. The molecule has 0 saturated carbocycles. The second-order valence-corrected chi connectivity index (χ2v) is 5.95. The molecule has 2 unspecified atom stereocenters. The molecule has 1 amide bonds. The molecule has 1 heterocycles. The topological polar surface area (TPSA) is 94.9 Å². The smallest absolute Gasteiger partial charge is 0.352 e. The molecule has 6 nitrogen and oxygen atoms in total. The van der Waals surface area contributed by atoms with Gasteiger partial charge in [-0.3, -0.25) is 9.69 Å². The summed E-state index contributed by atoms with van der Waals surface area (Å²) >= 11 is 4.23. The van der Waals surface area contributed by atoms with Crippen molar-refractivity contribution in [1.29, 1.82) is 0 Å². The lowest BCUT2D eigenvalue weighted by molar-refractivity contribution is -0.145. The SMILES string of the molecule is CC(C)=C(C(=O)O)N1C(=O)C(Br)C1S/C=C/C(=O)O. The predicted molar refractivity (Wildman–Crippen MR) is 73.7 cm³/mol.